The van der Waals surface area contributed by atoms with Crippen LogP contribution in [0.25, 0.3) is 10.9 Å². The first-order valence-corrected chi connectivity index (χ1v) is 9.39. The molecular weight excluding hydrogens is 425 g/mol. The molecule has 1 saturated heterocycles. The smallest absolute Gasteiger partial charge is 0.256 e. The molecule has 3 aromatic rings. The van der Waals surface area contributed by atoms with Crippen molar-refractivity contribution in [2.45, 2.75) is 18.4 Å². The molecule has 1 aliphatic rings. The quantitative estimate of drug-likeness (QED) is 0.596. The van der Waals surface area contributed by atoms with Crippen LogP contribution in [0.5, 0.6) is 11.5 Å². The number of methoxy groups -OCH3 is 1. The number of nitrogens with zero attached hydrogens (tertiary/aromatic N) is 1. The normalized spacial score (nSPS) is 14.8. The number of nitrogens with one attached hydrogen (secondary N) is 2. The first-order chi connectivity index (χ1) is 13.7. The van der Waals surface area contributed by atoms with Crippen LogP contribution >= 0.6 is 24.8 Å². The molecule has 2 heterocycles. The van der Waals surface area contributed by atoms with Gasteiger partial charge in [-0.3, -0.25) is 9.78 Å². The van der Waals surface area contributed by atoms with Gasteiger partial charge in [0.15, 0.2) is 0 Å². The summed E-state index contributed by atoms with van der Waals surface area (Å²) in [5.41, 5.74) is 0.761. The van der Waals surface area contributed by atoms with E-state index in [9.17, 15) is 4.79 Å². The number of pyridine rings is 1. The van der Waals surface area contributed by atoms with Gasteiger partial charge in [0.1, 0.15) is 17.1 Å². The van der Waals surface area contributed by atoms with Crippen LogP contribution in [0.4, 0.5) is 5.69 Å². The highest BCUT2D eigenvalue weighted by Gasteiger charge is 2.39. The number of anilines is 1. The van der Waals surface area contributed by atoms with Crippen LogP contribution < -0.4 is 15.4 Å². The second-order valence-corrected chi connectivity index (χ2v) is 6.86. The van der Waals surface area contributed by atoms with Crippen LogP contribution in [0.15, 0.2) is 60.8 Å². The molecule has 4 rings (SSSR count). The predicted molar refractivity (Wildman–Crippen MR) is 123 cm³/mol. The molecule has 6 nitrogen and oxygen atoms in total. The van der Waals surface area contributed by atoms with Gasteiger partial charge in [-0.1, -0.05) is 18.2 Å². The molecule has 0 atom stereocenters. The lowest BCUT2D eigenvalue weighted by atomic mass is 9.91. The van der Waals surface area contributed by atoms with Gasteiger partial charge < -0.3 is 20.1 Å². The fourth-order valence-electron chi connectivity index (χ4n) is 3.52. The molecule has 2 N–H and O–H groups in total. The van der Waals surface area contributed by atoms with Crippen molar-refractivity contribution in [3.63, 3.8) is 0 Å². The fraction of sp³-hybridized carbons (Fsp3) is 0.273. The number of carbonyl (C=O) groups excluding carboxylic acids is 1. The van der Waals surface area contributed by atoms with Gasteiger partial charge in [0, 0.05) is 30.4 Å². The van der Waals surface area contributed by atoms with Gasteiger partial charge in [-0.2, -0.15) is 0 Å². The van der Waals surface area contributed by atoms with Crippen molar-refractivity contribution in [1.29, 1.82) is 0 Å². The Balaban J connectivity index is 0.00000160. The molecule has 8 heteroatoms. The number of fused-ring (bicyclic) bond motifs is 1. The number of aromatic nitrogens is 1. The van der Waals surface area contributed by atoms with Gasteiger partial charge in [0.25, 0.3) is 5.91 Å². The zero-order valence-corrected chi connectivity index (χ0v) is 18.2. The van der Waals surface area contributed by atoms with Crippen LogP contribution in [0.3, 0.4) is 0 Å². The minimum atomic E-state index is -0.788. The molecule has 1 fully saturated rings. The van der Waals surface area contributed by atoms with Gasteiger partial charge in [0.2, 0.25) is 0 Å². The summed E-state index contributed by atoms with van der Waals surface area (Å²) in [7, 11) is 1.60. The molecule has 0 spiro atoms. The third-order valence-corrected chi connectivity index (χ3v) is 5.14. The van der Waals surface area contributed by atoms with Gasteiger partial charge in [-0.25, -0.2) is 0 Å². The van der Waals surface area contributed by atoms with Gasteiger partial charge in [0.05, 0.1) is 5.52 Å². The number of hydrogen-bond acceptors (Lipinski definition) is 5. The molecule has 30 heavy (non-hydrogen) atoms. The second-order valence-electron chi connectivity index (χ2n) is 6.86. The van der Waals surface area contributed by atoms with Crippen molar-refractivity contribution in [3.05, 3.63) is 60.8 Å². The number of benzene rings is 2. The Labute approximate surface area is 188 Å². The van der Waals surface area contributed by atoms with Crippen LogP contribution in [-0.4, -0.2) is 36.7 Å². The van der Waals surface area contributed by atoms with Crippen LogP contribution in [0.2, 0.25) is 0 Å². The zero-order chi connectivity index (χ0) is 19.4. The van der Waals surface area contributed by atoms with Crippen molar-refractivity contribution >= 4 is 47.3 Å². The maximum atomic E-state index is 12.9. The molecule has 0 aliphatic carbocycles. The summed E-state index contributed by atoms with van der Waals surface area (Å²) in [4.78, 5) is 17.2. The van der Waals surface area contributed by atoms with E-state index in [0.717, 1.165) is 29.7 Å². The van der Waals surface area contributed by atoms with Crippen LogP contribution in [-0.2, 0) is 9.53 Å². The number of rotatable bonds is 5. The summed E-state index contributed by atoms with van der Waals surface area (Å²) in [6.07, 6.45) is 3.02. The minimum Gasteiger partial charge on any atom is -0.457 e. The Morgan fingerprint density at radius 2 is 1.83 bits per heavy atom. The molecule has 0 saturated carbocycles. The number of amides is 1. The minimum absolute atomic E-state index is 0. The Hall–Kier alpha value is -2.38. The highest BCUT2D eigenvalue weighted by molar-refractivity contribution is 5.97. The van der Waals surface area contributed by atoms with Crippen molar-refractivity contribution < 1.29 is 14.3 Å². The van der Waals surface area contributed by atoms with E-state index in [1.165, 1.54) is 0 Å². The largest absolute Gasteiger partial charge is 0.457 e. The number of hydrogen-bond donors (Lipinski definition) is 2. The van der Waals surface area contributed by atoms with E-state index in [1.807, 2.05) is 54.6 Å². The lowest BCUT2D eigenvalue weighted by Gasteiger charge is -2.34. The third-order valence-electron chi connectivity index (χ3n) is 5.14. The molecule has 2 aromatic carbocycles. The summed E-state index contributed by atoms with van der Waals surface area (Å²) in [6, 6.07) is 17.0. The first kappa shape index (κ1) is 23.9. The number of carbonyl (C=O) groups is 1. The predicted octanol–water partition coefficient (Wildman–Crippen LogP) is 4.58. The van der Waals surface area contributed by atoms with Crippen molar-refractivity contribution in [2.75, 3.05) is 25.5 Å². The Bertz CT molecular complexity index is 989. The van der Waals surface area contributed by atoms with Crippen molar-refractivity contribution in [3.8, 4) is 11.5 Å². The number of piperidine rings is 1. The van der Waals surface area contributed by atoms with E-state index in [2.05, 4.69) is 15.6 Å². The van der Waals surface area contributed by atoms with Crippen LogP contribution in [0.1, 0.15) is 12.8 Å². The molecule has 0 unspecified atom stereocenters. The van der Waals surface area contributed by atoms with E-state index in [1.54, 1.807) is 13.3 Å². The van der Waals surface area contributed by atoms with E-state index in [4.69, 9.17) is 9.47 Å². The van der Waals surface area contributed by atoms with Crippen molar-refractivity contribution in [2.24, 2.45) is 0 Å². The topological polar surface area (TPSA) is 72.5 Å². The van der Waals surface area contributed by atoms with E-state index in [0.29, 0.717) is 24.3 Å². The summed E-state index contributed by atoms with van der Waals surface area (Å²) >= 11 is 0. The number of halogens is 2. The third kappa shape index (κ3) is 5.02. The molecule has 1 aromatic heterocycles. The molecule has 0 bridgehead atoms. The Morgan fingerprint density at radius 1 is 1.07 bits per heavy atom. The second kappa shape index (κ2) is 10.6. The van der Waals surface area contributed by atoms with Crippen molar-refractivity contribution in [1.82, 2.24) is 10.3 Å². The van der Waals surface area contributed by atoms with Gasteiger partial charge in [-0.15, -0.1) is 24.8 Å². The average Bonchev–Trinajstić information content (AvgIpc) is 2.75. The van der Waals surface area contributed by atoms with E-state index in [-0.39, 0.29) is 30.7 Å². The SMILES string of the molecule is COC1(C(=O)Nc2cccc(Oc3ccnc4ccccc34)c2)CCNCC1.Cl.Cl. The standard InChI is InChI=1S/C22H23N3O3.2ClH/c1-27-22(10-13-23-14-11-22)21(26)25-16-5-4-6-17(15-16)28-20-9-12-24-19-8-3-2-7-18(19)20;;/h2-9,12,15,23H,10-11,13-14H2,1H3,(H,25,26);2*1H. The molecule has 160 valence electrons. The zero-order valence-electron chi connectivity index (χ0n) is 16.6. The monoisotopic (exact) mass is 449 g/mol. The molecule has 1 amide bonds. The molecule has 1 aliphatic heterocycles. The summed E-state index contributed by atoms with van der Waals surface area (Å²) in [5.74, 6) is 1.25. The average molecular weight is 450 g/mol. The lowest BCUT2D eigenvalue weighted by Crippen LogP contribution is -2.51. The van der Waals surface area contributed by atoms with Crippen LogP contribution in [0, 0.1) is 0 Å². The van der Waals surface area contributed by atoms with E-state index < -0.39 is 5.60 Å². The Kier molecular flexibility index (Phi) is 8.43. The number of ether oxygens (including phenoxy) is 2. The summed E-state index contributed by atoms with van der Waals surface area (Å²) < 4.78 is 11.7. The maximum absolute atomic E-state index is 12.9. The fourth-order valence-corrected chi connectivity index (χ4v) is 3.52. The highest BCUT2D eigenvalue weighted by atomic mass is 35.5. The van der Waals surface area contributed by atoms with Gasteiger partial charge >= 0.3 is 0 Å². The molecular formula is C22H25Cl2N3O3. The molecule has 0 radical (unpaired) electrons. The summed E-state index contributed by atoms with van der Waals surface area (Å²) in [6.45, 7) is 1.53. The Morgan fingerprint density at radius 3 is 2.60 bits per heavy atom. The summed E-state index contributed by atoms with van der Waals surface area (Å²) in [5, 5.41) is 7.18. The first-order valence-electron chi connectivity index (χ1n) is 9.39. The highest BCUT2D eigenvalue weighted by Crippen LogP contribution is 2.30. The lowest BCUT2D eigenvalue weighted by molar-refractivity contribution is -0.140. The maximum Gasteiger partial charge on any atom is 0.256 e. The number of para-hydroxylation sites is 1. The van der Waals surface area contributed by atoms with Gasteiger partial charge in [-0.05, 0) is 56.3 Å². The van der Waals surface area contributed by atoms with E-state index >= 15 is 0 Å².